The molecule has 28 heavy (non-hydrogen) atoms. The summed E-state index contributed by atoms with van der Waals surface area (Å²) in [5.41, 5.74) is 14.5. The Morgan fingerprint density at radius 1 is 0.929 bits per heavy atom. The molecule has 1 aromatic heterocycles. The Labute approximate surface area is 170 Å². The number of hydrogen-bond donors (Lipinski definition) is 3. The van der Waals surface area contributed by atoms with Crippen molar-refractivity contribution in [2.24, 2.45) is 0 Å². The zero-order chi connectivity index (χ0) is 20.7. The predicted molar refractivity (Wildman–Crippen MR) is 110 cm³/mol. The molecule has 3 rings (SSSR count). The van der Waals surface area contributed by atoms with Crippen LogP contribution in [0, 0.1) is 0 Å². The highest BCUT2D eigenvalue weighted by atomic mass is 79.9. The van der Waals surface area contributed by atoms with Crippen LogP contribution in [0.5, 0.6) is 0 Å². The van der Waals surface area contributed by atoms with Crippen molar-refractivity contribution in [1.29, 1.82) is 0 Å². The number of halogens is 1. The molecule has 0 unspecified atom stereocenters. The van der Waals surface area contributed by atoms with Gasteiger partial charge in [-0.05, 0) is 40.2 Å². The zero-order valence-electron chi connectivity index (χ0n) is 15.2. The Morgan fingerprint density at radius 2 is 1.50 bits per heavy atom. The number of hydrogen-bond acceptors (Lipinski definition) is 7. The third-order valence-corrected chi connectivity index (χ3v) is 4.45. The van der Waals surface area contributed by atoms with Gasteiger partial charge in [-0.2, -0.15) is 5.10 Å². The van der Waals surface area contributed by atoms with E-state index in [1.54, 1.807) is 42.6 Å². The lowest BCUT2D eigenvalue weighted by atomic mass is 10.1. The van der Waals surface area contributed by atoms with Crippen LogP contribution in [-0.2, 0) is 9.47 Å². The van der Waals surface area contributed by atoms with Crippen molar-refractivity contribution in [2.45, 2.75) is 0 Å². The molecule has 5 N–H and O–H groups in total. The lowest BCUT2D eigenvalue weighted by Gasteiger charge is -2.07. The molecule has 0 saturated carbocycles. The number of rotatable bonds is 3. The molecular weight excluding hydrogens is 428 g/mol. The van der Waals surface area contributed by atoms with Gasteiger partial charge in [0.25, 0.3) is 0 Å². The monoisotopic (exact) mass is 446 g/mol. The predicted octanol–water partition coefficient (Wildman–Crippen LogP) is 3.26. The number of H-pyrrole nitrogens is 1. The SMILES string of the molecule is COC(=O)c1cccc(-c2ccn[nH]2)c1N.COC(=O)c1cccc(Br)c1N. The minimum atomic E-state index is -0.445. The maximum Gasteiger partial charge on any atom is 0.339 e. The third-order valence-electron chi connectivity index (χ3n) is 3.76. The highest BCUT2D eigenvalue weighted by molar-refractivity contribution is 9.10. The number of nitrogens with two attached hydrogens (primary N) is 2. The third kappa shape index (κ3) is 4.68. The van der Waals surface area contributed by atoms with Crippen LogP contribution in [0.4, 0.5) is 11.4 Å². The summed E-state index contributed by atoms with van der Waals surface area (Å²) in [5, 5.41) is 6.63. The largest absolute Gasteiger partial charge is 0.465 e. The van der Waals surface area contributed by atoms with Crippen molar-refractivity contribution in [3.63, 3.8) is 0 Å². The van der Waals surface area contributed by atoms with E-state index in [1.165, 1.54) is 14.2 Å². The number of carbonyl (C=O) groups is 2. The number of carbonyl (C=O) groups excluding carboxylic acids is 2. The van der Waals surface area contributed by atoms with Gasteiger partial charge in [-0.25, -0.2) is 9.59 Å². The number of aromatic nitrogens is 2. The number of esters is 2. The van der Waals surface area contributed by atoms with Crippen LogP contribution in [0.25, 0.3) is 11.3 Å². The lowest BCUT2D eigenvalue weighted by Crippen LogP contribution is -2.06. The van der Waals surface area contributed by atoms with Crippen molar-refractivity contribution >= 4 is 39.2 Å². The van der Waals surface area contributed by atoms with Gasteiger partial charge in [0.15, 0.2) is 0 Å². The molecule has 1 heterocycles. The van der Waals surface area contributed by atoms with E-state index in [4.69, 9.17) is 11.5 Å². The van der Waals surface area contributed by atoms with Gasteiger partial charge >= 0.3 is 11.9 Å². The topological polar surface area (TPSA) is 133 Å². The van der Waals surface area contributed by atoms with E-state index in [-0.39, 0.29) is 0 Å². The average Bonchev–Trinajstić information content (AvgIpc) is 3.24. The van der Waals surface area contributed by atoms with Crippen LogP contribution in [0.15, 0.2) is 53.1 Å². The number of para-hydroxylation sites is 2. The molecule has 0 radical (unpaired) electrons. The van der Waals surface area contributed by atoms with Gasteiger partial charge in [-0.15, -0.1) is 0 Å². The Balaban J connectivity index is 0.000000209. The zero-order valence-corrected chi connectivity index (χ0v) is 16.8. The molecule has 0 atom stereocenters. The standard InChI is InChI=1S/C11H11N3O2.C8H8BrNO2/c1-16-11(15)8-4-2-3-7(10(8)12)9-5-6-13-14-9;1-12-8(11)5-3-2-4-6(9)7(5)10/h2-6H,12H2,1H3,(H,13,14);2-4H,10H2,1H3. The molecule has 0 bridgehead atoms. The maximum absolute atomic E-state index is 11.4. The highest BCUT2D eigenvalue weighted by Gasteiger charge is 2.14. The van der Waals surface area contributed by atoms with E-state index in [0.29, 0.717) is 27.0 Å². The fraction of sp³-hybridized carbons (Fsp3) is 0.105. The van der Waals surface area contributed by atoms with Crippen LogP contribution >= 0.6 is 15.9 Å². The number of ether oxygens (including phenoxy) is 2. The van der Waals surface area contributed by atoms with Gasteiger partial charge in [0, 0.05) is 16.2 Å². The molecule has 0 amide bonds. The van der Waals surface area contributed by atoms with Crippen molar-refractivity contribution in [2.75, 3.05) is 25.7 Å². The minimum Gasteiger partial charge on any atom is -0.465 e. The van der Waals surface area contributed by atoms with Crippen molar-refractivity contribution < 1.29 is 19.1 Å². The summed E-state index contributed by atoms with van der Waals surface area (Å²) in [6.45, 7) is 0. The second-order valence-corrected chi connectivity index (χ2v) is 6.28. The molecule has 146 valence electrons. The quantitative estimate of drug-likeness (QED) is 0.415. The van der Waals surface area contributed by atoms with E-state index in [2.05, 4.69) is 35.6 Å². The van der Waals surface area contributed by atoms with Gasteiger partial charge in [-0.1, -0.05) is 18.2 Å². The summed E-state index contributed by atoms with van der Waals surface area (Å²) in [4.78, 5) is 22.5. The molecule has 0 fully saturated rings. The van der Waals surface area contributed by atoms with E-state index in [9.17, 15) is 9.59 Å². The fourth-order valence-corrected chi connectivity index (χ4v) is 2.69. The number of nitrogens with one attached hydrogen (secondary N) is 1. The molecule has 2 aromatic carbocycles. The molecule has 8 nitrogen and oxygen atoms in total. The number of aromatic amines is 1. The first-order valence-corrected chi connectivity index (χ1v) is 8.78. The Morgan fingerprint density at radius 3 is 2.04 bits per heavy atom. The van der Waals surface area contributed by atoms with Gasteiger partial charge in [0.1, 0.15) is 0 Å². The van der Waals surface area contributed by atoms with Gasteiger partial charge in [0.05, 0.1) is 42.4 Å². The molecule has 3 aromatic rings. The van der Waals surface area contributed by atoms with Gasteiger partial charge in [-0.3, -0.25) is 5.10 Å². The first-order valence-electron chi connectivity index (χ1n) is 7.99. The van der Waals surface area contributed by atoms with Crippen molar-refractivity contribution in [3.8, 4) is 11.3 Å². The van der Waals surface area contributed by atoms with Crippen molar-refractivity contribution in [3.05, 3.63) is 64.3 Å². The summed E-state index contributed by atoms with van der Waals surface area (Å²) in [6, 6.07) is 12.1. The highest BCUT2D eigenvalue weighted by Crippen LogP contribution is 2.27. The summed E-state index contributed by atoms with van der Waals surface area (Å²) in [5.74, 6) is -0.868. The fourth-order valence-electron chi connectivity index (χ4n) is 2.32. The number of nitrogen functional groups attached to an aromatic ring is 2. The first-order chi connectivity index (χ1) is 13.4. The first kappa shape index (κ1) is 21.0. The van der Waals surface area contributed by atoms with Crippen molar-refractivity contribution in [1.82, 2.24) is 10.2 Å². The van der Waals surface area contributed by atoms with Crippen LogP contribution in [0.2, 0.25) is 0 Å². The van der Waals surface area contributed by atoms with Crippen LogP contribution in [-0.4, -0.2) is 36.4 Å². The second-order valence-electron chi connectivity index (χ2n) is 5.42. The molecule has 0 aliphatic heterocycles. The molecule has 0 aliphatic carbocycles. The summed E-state index contributed by atoms with van der Waals surface area (Å²) in [7, 11) is 2.65. The summed E-state index contributed by atoms with van der Waals surface area (Å²) in [6.07, 6.45) is 1.62. The molecule has 9 heteroatoms. The molecular formula is C19H19BrN4O4. The Bertz CT molecular complexity index is 974. The number of methoxy groups -OCH3 is 2. The Kier molecular flexibility index (Phi) is 7.16. The van der Waals surface area contributed by atoms with E-state index >= 15 is 0 Å². The molecule has 0 saturated heterocycles. The van der Waals surface area contributed by atoms with Gasteiger partial charge < -0.3 is 20.9 Å². The van der Waals surface area contributed by atoms with Crippen LogP contribution in [0.3, 0.4) is 0 Å². The van der Waals surface area contributed by atoms with E-state index < -0.39 is 11.9 Å². The smallest absolute Gasteiger partial charge is 0.339 e. The number of nitrogens with zero attached hydrogens (tertiary/aromatic N) is 1. The number of anilines is 2. The molecule has 0 aliphatic rings. The van der Waals surface area contributed by atoms with Gasteiger partial charge in [0.2, 0.25) is 0 Å². The minimum absolute atomic E-state index is 0.356. The number of benzene rings is 2. The normalized spacial score (nSPS) is 9.82. The molecule has 0 spiro atoms. The summed E-state index contributed by atoms with van der Waals surface area (Å²) >= 11 is 3.21. The van der Waals surface area contributed by atoms with Crippen LogP contribution in [0.1, 0.15) is 20.7 Å². The van der Waals surface area contributed by atoms with E-state index in [0.717, 1.165) is 11.3 Å². The van der Waals surface area contributed by atoms with E-state index in [1.807, 2.05) is 6.07 Å². The Hall–Kier alpha value is -3.33. The maximum atomic E-state index is 11.4. The lowest BCUT2D eigenvalue weighted by molar-refractivity contribution is 0.0593. The average molecular weight is 447 g/mol. The van der Waals surface area contributed by atoms with Crippen LogP contribution < -0.4 is 11.5 Å². The summed E-state index contributed by atoms with van der Waals surface area (Å²) < 4.78 is 9.88. The second kappa shape index (κ2) is 9.56.